The summed E-state index contributed by atoms with van der Waals surface area (Å²) in [5.41, 5.74) is 6.38. The fraction of sp³-hybridized carbons (Fsp3) is 0.167. The quantitative estimate of drug-likeness (QED) is 0.306. The molecule has 0 aliphatic carbocycles. The molecule has 0 aromatic heterocycles. The Labute approximate surface area is 163 Å². The monoisotopic (exact) mass is 370 g/mol. The minimum atomic E-state index is -0.375. The van der Waals surface area contributed by atoms with Crippen molar-refractivity contribution in [3.8, 4) is 0 Å². The second-order valence-electron chi connectivity index (χ2n) is 7.22. The van der Waals surface area contributed by atoms with Crippen LogP contribution in [0.25, 0.3) is 32.3 Å². The number of hydrazine groups is 1. The Morgan fingerprint density at radius 1 is 0.857 bits per heavy atom. The zero-order chi connectivity index (χ0) is 19.7. The summed E-state index contributed by atoms with van der Waals surface area (Å²) in [5, 5.41) is 7.59. The van der Waals surface area contributed by atoms with E-state index in [2.05, 4.69) is 72.0 Å². The number of amides is 2. The highest BCUT2D eigenvalue weighted by molar-refractivity contribution is 6.23. The van der Waals surface area contributed by atoms with E-state index in [0.29, 0.717) is 18.4 Å². The van der Waals surface area contributed by atoms with Crippen LogP contribution >= 0.6 is 0 Å². The minimum Gasteiger partial charge on any atom is -0.273 e. The summed E-state index contributed by atoms with van der Waals surface area (Å²) >= 11 is 0. The molecule has 0 spiro atoms. The number of hydrogen-bond donors (Lipinski definition) is 2. The van der Waals surface area contributed by atoms with Gasteiger partial charge in [-0.25, -0.2) is 0 Å². The molecule has 0 aliphatic rings. The normalized spacial score (nSPS) is 11.2. The van der Waals surface area contributed by atoms with E-state index in [-0.39, 0.29) is 11.8 Å². The first-order valence-electron chi connectivity index (χ1n) is 9.44. The molecule has 0 radical (unpaired) electrons. The van der Waals surface area contributed by atoms with Gasteiger partial charge in [-0.15, -0.1) is 0 Å². The second kappa shape index (κ2) is 7.31. The molecule has 0 fully saturated rings. The van der Waals surface area contributed by atoms with E-state index in [1.807, 2.05) is 0 Å². The molecule has 4 rings (SSSR count). The van der Waals surface area contributed by atoms with Crippen molar-refractivity contribution in [1.29, 1.82) is 0 Å². The number of carbonyl (C=O) groups is 2. The van der Waals surface area contributed by atoms with Crippen LogP contribution in [0, 0.1) is 0 Å². The first kappa shape index (κ1) is 18.0. The van der Waals surface area contributed by atoms with Crippen LogP contribution in [0.2, 0.25) is 0 Å². The van der Waals surface area contributed by atoms with Gasteiger partial charge in [-0.1, -0.05) is 61.2 Å². The average molecular weight is 370 g/mol. The van der Waals surface area contributed by atoms with Crippen LogP contribution in [0.5, 0.6) is 0 Å². The lowest BCUT2D eigenvalue weighted by Crippen LogP contribution is -2.41. The highest BCUT2D eigenvalue weighted by atomic mass is 16.2. The van der Waals surface area contributed by atoms with Crippen LogP contribution < -0.4 is 10.9 Å². The summed E-state index contributed by atoms with van der Waals surface area (Å²) in [6, 6.07) is 19.4. The zero-order valence-electron chi connectivity index (χ0n) is 15.8. The van der Waals surface area contributed by atoms with Gasteiger partial charge in [0.15, 0.2) is 0 Å². The van der Waals surface area contributed by atoms with Gasteiger partial charge < -0.3 is 0 Å². The third-order valence-electron chi connectivity index (χ3n) is 5.17. The van der Waals surface area contributed by atoms with Gasteiger partial charge in [0.1, 0.15) is 0 Å². The molecule has 4 heteroatoms. The van der Waals surface area contributed by atoms with Gasteiger partial charge in [0.05, 0.1) is 0 Å². The van der Waals surface area contributed by atoms with E-state index in [4.69, 9.17) is 0 Å². The van der Waals surface area contributed by atoms with Crippen molar-refractivity contribution >= 4 is 44.1 Å². The summed E-state index contributed by atoms with van der Waals surface area (Å²) < 4.78 is 0. The molecule has 0 atom stereocenters. The van der Waals surface area contributed by atoms with Gasteiger partial charge in [0.25, 0.3) is 5.91 Å². The number of rotatable bonds is 5. The standard InChI is InChI=1S/C24H22N2O2/c1-15(2)24(28)26-25-21(27)8-4-5-16-9-10-19-12-11-17-6-3-7-18-13-14-20(16)23(19)22(17)18/h3,6-7,9-14H,1,4-5,8H2,2H3,(H,25,27)(H,26,28). The Hall–Kier alpha value is -3.40. The molecule has 0 saturated heterocycles. The van der Waals surface area contributed by atoms with Crippen LogP contribution in [-0.2, 0) is 16.0 Å². The van der Waals surface area contributed by atoms with Crippen LogP contribution in [0.4, 0.5) is 0 Å². The first-order chi connectivity index (χ1) is 13.5. The minimum absolute atomic E-state index is 0.202. The summed E-state index contributed by atoms with van der Waals surface area (Å²) in [5.74, 6) is -0.576. The number of carbonyl (C=O) groups excluding carboxylic acids is 2. The highest BCUT2D eigenvalue weighted by Gasteiger charge is 2.11. The Kier molecular flexibility index (Phi) is 4.70. The molecule has 0 bridgehead atoms. The van der Waals surface area contributed by atoms with E-state index < -0.39 is 0 Å². The summed E-state index contributed by atoms with van der Waals surface area (Å²) in [7, 11) is 0. The molecule has 2 amide bonds. The van der Waals surface area contributed by atoms with Crippen LogP contribution in [-0.4, -0.2) is 11.8 Å². The van der Waals surface area contributed by atoms with Gasteiger partial charge in [-0.2, -0.15) is 0 Å². The van der Waals surface area contributed by atoms with E-state index in [0.717, 1.165) is 6.42 Å². The van der Waals surface area contributed by atoms with Gasteiger partial charge in [-0.3, -0.25) is 20.4 Å². The largest absolute Gasteiger partial charge is 0.273 e. The average Bonchev–Trinajstić information content (AvgIpc) is 2.71. The van der Waals surface area contributed by atoms with Crippen LogP contribution in [0.3, 0.4) is 0 Å². The van der Waals surface area contributed by atoms with E-state index in [1.54, 1.807) is 6.92 Å². The third kappa shape index (κ3) is 3.29. The molecule has 0 unspecified atom stereocenters. The molecule has 0 aliphatic heterocycles. The molecule has 4 nitrogen and oxygen atoms in total. The topological polar surface area (TPSA) is 58.2 Å². The van der Waals surface area contributed by atoms with E-state index >= 15 is 0 Å². The summed E-state index contributed by atoms with van der Waals surface area (Å²) in [6.45, 7) is 5.13. The Morgan fingerprint density at radius 3 is 2.21 bits per heavy atom. The van der Waals surface area contributed by atoms with Crippen LogP contribution in [0.15, 0.2) is 66.7 Å². The van der Waals surface area contributed by atoms with Crippen molar-refractivity contribution in [3.63, 3.8) is 0 Å². The molecule has 140 valence electrons. The number of benzene rings is 4. The first-order valence-corrected chi connectivity index (χ1v) is 9.44. The predicted octanol–water partition coefficient (Wildman–Crippen LogP) is 4.63. The summed E-state index contributed by atoms with van der Waals surface area (Å²) in [4.78, 5) is 23.4. The molecular formula is C24H22N2O2. The zero-order valence-corrected chi connectivity index (χ0v) is 15.8. The molecule has 0 heterocycles. The summed E-state index contributed by atoms with van der Waals surface area (Å²) in [6.07, 6.45) is 1.85. The van der Waals surface area contributed by atoms with Gasteiger partial charge in [0.2, 0.25) is 5.91 Å². The Bertz CT molecular complexity index is 1190. The number of aryl methyl sites for hydroxylation is 1. The highest BCUT2D eigenvalue weighted by Crippen LogP contribution is 2.36. The SMILES string of the molecule is C=C(C)C(=O)NNC(=O)CCCc1ccc2ccc3cccc4ccc1c2c34. The smallest absolute Gasteiger partial charge is 0.264 e. The maximum atomic E-state index is 11.9. The molecule has 0 saturated carbocycles. The Balaban J connectivity index is 1.52. The van der Waals surface area contributed by atoms with Crippen LogP contribution in [0.1, 0.15) is 25.3 Å². The Morgan fingerprint density at radius 2 is 1.50 bits per heavy atom. The fourth-order valence-corrected chi connectivity index (χ4v) is 3.75. The van der Waals surface area contributed by atoms with Crippen molar-refractivity contribution in [2.75, 3.05) is 0 Å². The fourth-order valence-electron chi connectivity index (χ4n) is 3.75. The van der Waals surface area contributed by atoms with E-state index in [1.165, 1.54) is 37.9 Å². The number of hydrogen-bond acceptors (Lipinski definition) is 2. The lowest BCUT2D eigenvalue weighted by atomic mass is 9.90. The van der Waals surface area contributed by atoms with Crippen molar-refractivity contribution in [2.24, 2.45) is 0 Å². The van der Waals surface area contributed by atoms with Crippen molar-refractivity contribution in [3.05, 3.63) is 72.3 Å². The molecule has 4 aromatic rings. The van der Waals surface area contributed by atoms with Gasteiger partial charge in [-0.05, 0) is 57.6 Å². The van der Waals surface area contributed by atoms with Crippen molar-refractivity contribution < 1.29 is 9.59 Å². The second-order valence-corrected chi connectivity index (χ2v) is 7.22. The molecular weight excluding hydrogens is 348 g/mol. The molecule has 28 heavy (non-hydrogen) atoms. The maximum Gasteiger partial charge on any atom is 0.264 e. The number of nitrogens with one attached hydrogen (secondary N) is 2. The van der Waals surface area contributed by atoms with Crippen molar-refractivity contribution in [2.45, 2.75) is 26.2 Å². The van der Waals surface area contributed by atoms with Gasteiger partial charge in [0, 0.05) is 12.0 Å². The van der Waals surface area contributed by atoms with Crippen molar-refractivity contribution in [1.82, 2.24) is 10.9 Å². The maximum absolute atomic E-state index is 11.9. The van der Waals surface area contributed by atoms with Gasteiger partial charge >= 0.3 is 0 Å². The third-order valence-corrected chi connectivity index (χ3v) is 5.17. The molecule has 2 N–H and O–H groups in total. The predicted molar refractivity (Wildman–Crippen MR) is 114 cm³/mol. The molecule has 4 aromatic carbocycles. The lowest BCUT2D eigenvalue weighted by Gasteiger charge is -2.14. The lowest BCUT2D eigenvalue weighted by molar-refractivity contribution is -0.127. The van der Waals surface area contributed by atoms with E-state index in [9.17, 15) is 9.59 Å².